The predicted octanol–water partition coefficient (Wildman–Crippen LogP) is 3.63. The summed E-state index contributed by atoms with van der Waals surface area (Å²) in [5, 5.41) is 11.1. The first kappa shape index (κ1) is 11.4. The normalized spacial score (nSPS) is 20.0. The summed E-state index contributed by atoms with van der Waals surface area (Å²) >= 11 is 5.28. The van der Waals surface area contributed by atoms with Crippen molar-refractivity contribution in [2.45, 2.75) is 25.8 Å². The third-order valence-electron chi connectivity index (χ3n) is 3.19. The Labute approximate surface area is 113 Å². The molecule has 0 bridgehead atoms. The quantitative estimate of drug-likeness (QED) is 0.889. The topological polar surface area (TPSA) is 40.7 Å². The second kappa shape index (κ2) is 4.55. The average Bonchev–Trinajstić information content (AvgIpc) is 2.97. The van der Waals surface area contributed by atoms with E-state index >= 15 is 0 Å². The molecule has 0 saturated carbocycles. The van der Waals surface area contributed by atoms with Crippen LogP contribution in [0.15, 0.2) is 15.9 Å². The van der Waals surface area contributed by atoms with Gasteiger partial charge in [0.15, 0.2) is 0 Å². The molecule has 17 heavy (non-hydrogen) atoms. The summed E-state index contributed by atoms with van der Waals surface area (Å²) in [7, 11) is 0. The van der Waals surface area contributed by atoms with E-state index in [-0.39, 0.29) is 0 Å². The van der Waals surface area contributed by atoms with Gasteiger partial charge in [0, 0.05) is 16.1 Å². The Kier molecular flexibility index (Phi) is 3.06. The van der Waals surface area contributed by atoms with Gasteiger partial charge in [-0.1, -0.05) is 0 Å². The van der Waals surface area contributed by atoms with Gasteiger partial charge >= 0.3 is 0 Å². The lowest BCUT2D eigenvalue weighted by molar-refractivity contribution is 0.626. The smallest absolute Gasteiger partial charge is 0.0880 e. The van der Waals surface area contributed by atoms with Crippen LogP contribution in [-0.2, 0) is 0 Å². The Morgan fingerprint density at radius 3 is 3.00 bits per heavy atom. The molecule has 1 fully saturated rings. The molecule has 1 saturated heterocycles. The molecule has 1 aliphatic heterocycles. The summed E-state index contributed by atoms with van der Waals surface area (Å²) < 4.78 is 1.17. The van der Waals surface area contributed by atoms with Crippen molar-refractivity contribution in [1.29, 1.82) is 0 Å². The molecule has 0 amide bonds. The number of H-pyrrole nitrogens is 1. The maximum absolute atomic E-state index is 4.49. The molecule has 0 spiro atoms. The number of hydrogen-bond donors (Lipinski definition) is 2. The number of aromatic nitrogens is 2. The number of aryl methyl sites for hydroxylation is 1. The molecule has 2 N–H and O–H groups in total. The summed E-state index contributed by atoms with van der Waals surface area (Å²) in [6.07, 6.45) is 2.42. The number of halogens is 1. The molecular formula is C12H14BrN3S. The van der Waals surface area contributed by atoms with Crippen LogP contribution in [0.3, 0.4) is 0 Å². The van der Waals surface area contributed by atoms with Crippen molar-refractivity contribution in [3.8, 4) is 10.4 Å². The molecule has 90 valence electrons. The SMILES string of the molecule is Cc1[nH]nc(C2CCCN2)c1-c1ccc(Br)s1. The minimum Gasteiger partial charge on any atom is -0.309 e. The van der Waals surface area contributed by atoms with Gasteiger partial charge in [-0.05, 0) is 54.4 Å². The number of hydrogen-bond acceptors (Lipinski definition) is 3. The third kappa shape index (κ3) is 2.07. The molecule has 5 heteroatoms. The second-order valence-electron chi connectivity index (χ2n) is 4.36. The fourth-order valence-electron chi connectivity index (χ4n) is 2.38. The van der Waals surface area contributed by atoms with Crippen molar-refractivity contribution in [3.05, 3.63) is 27.3 Å². The molecular weight excluding hydrogens is 298 g/mol. The molecule has 3 rings (SSSR count). The lowest BCUT2D eigenvalue weighted by Crippen LogP contribution is -2.13. The molecule has 0 aromatic carbocycles. The van der Waals surface area contributed by atoms with Gasteiger partial charge in [-0.25, -0.2) is 0 Å². The second-order valence-corrected chi connectivity index (χ2v) is 6.82. The van der Waals surface area contributed by atoms with Gasteiger partial charge in [0.25, 0.3) is 0 Å². The number of thiophene rings is 1. The molecule has 2 aromatic rings. The maximum atomic E-state index is 4.49. The molecule has 0 aliphatic carbocycles. The van der Waals surface area contributed by atoms with Crippen molar-refractivity contribution < 1.29 is 0 Å². The number of rotatable bonds is 2. The van der Waals surface area contributed by atoms with Gasteiger partial charge in [-0.3, -0.25) is 5.10 Å². The van der Waals surface area contributed by atoms with Gasteiger partial charge in [-0.15, -0.1) is 11.3 Å². The van der Waals surface area contributed by atoms with Gasteiger partial charge in [-0.2, -0.15) is 5.10 Å². The third-order valence-corrected chi connectivity index (χ3v) is 4.83. The van der Waals surface area contributed by atoms with Crippen molar-refractivity contribution in [2.24, 2.45) is 0 Å². The van der Waals surface area contributed by atoms with E-state index in [1.807, 2.05) is 0 Å². The lowest BCUT2D eigenvalue weighted by atomic mass is 10.0. The highest BCUT2D eigenvalue weighted by atomic mass is 79.9. The molecule has 3 nitrogen and oxygen atoms in total. The van der Waals surface area contributed by atoms with Crippen LogP contribution in [0.2, 0.25) is 0 Å². The Bertz CT molecular complexity index is 526. The summed E-state index contributed by atoms with van der Waals surface area (Å²) in [6.45, 7) is 3.19. The first-order valence-corrected chi connectivity index (χ1v) is 7.40. The molecule has 1 atom stereocenters. The zero-order chi connectivity index (χ0) is 11.8. The zero-order valence-corrected chi connectivity index (χ0v) is 12.0. The van der Waals surface area contributed by atoms with E-state index < -0.39 is 0 Å². The largest absolute Gasteiger partial charge is 0.309 e. The van der Waals surface area contributed by atoms with E-state index in [1.165, 1.54) is 32.8 Å². The fourth-order valence-corrected chi connectivity index (χ4v) is 3.88. The van der Waals surface area contributed by atoms with E-state index in [2.05, 4.69) is 50.5 Å². The summed E-state index contributed by atoms with van der Waals surface area (Å²) in [5.41, 5.74) is 3.61. The Balaban J connectivity index is 2.05. The molecule has 1 unspecified atom stereocenters. The summed E-state index contributed by atoms with van der Waals surface area (Å²) in [6, 6.07) is 4.67. The van der Waals surface area contributed by atoms with Crippen LogP contribution < -0.4 is 5.32 Å². The van der Waals surface area contributed by atoms with Crippen LogP contribution in [-0.4, -0.2) is 16.7 Å². The van der Waals surface area contributed by atoms with Crippen molar-refractivity contribution >= 4 is 27.3 Å². The fraction of sp³-hybridized carbons (Fsp3) is 0.417. The Hall–Kier alpha value is -0.650. The van der Waals surface area contributed by atoms with E-state index in [9.17, 15) is 0 Å². The van der Waals surface area contributed by atoms with Crippen molar-refractivity contribution in [2.75, 3.05) is 6.54 Å². The van der Waals surface area contributed by atoms with Crippen LogP contribution >= 0.6 is 27.3 Å². The first-order chi connectivity index (χ1) is 8.25. The number of aromatic amines is 1. The van der Waals surface area contributed by atoms with Crippen LogP contribution in [0.5, 0.6) is 0 Å². The highest BCUT2D eigenvalue weighted by Gasteiger charge is 2.24. The predicted molar refractivity (Wildman–Crippen MR) is 74.3 cm³/mol. The average molecular weight is 312 g/mol. The minimum atomic E-state index is 0.413. The van der Waals surface area contributed by atoms with Gasteiger partial charge in [0.1, 0.15) is 0 Å². The van der Waals surface area contributed by atoms with Crippen LogP contribution in [0.4, 0.5) is 0 Å². The summed E-state index contributed by atoms with van der Waals surface area (Å²) in [4.78, 5) is 1.28. The Morgan fingerprint density at radius 1 is 1.47 bits per heavy atom. The Morgan fingerprint density at radius 2 is 2.35 bits per heavy atom. The van der Waals surface area contributed by atoms with Gasteiger partial charge in [0.05, 0.1) is 15.5 Å². The molecule has 2 aromatic heterocycles. The summed E-state index contributed by atoms with van der Waals surface area (Å²) in [5.74, 6) is 0. The first-order valence-electron chi connectivity index (χ1n) is 5.79. The van der Waals surface area contributed by atoms with Crippen molar-refractivity contribution in [1.82, 2.24) is 15.5 Å². The van der Waals surface area contributed by atoms with E-state index in [0.717, 1.165) is 12.2 Å². The lowest BCUT2D eigenvalue weighted by Gasteiger charge is -2.09. The van der Waals surface area contributed by atoms with Crippen LogP contribution in [0, 0.1) is 6.92 Å². The van der Waals surface area contributed by atoms with Crippen LogP contribution in [0.25, 0.3) is 10.4 Å². The van der Waals surface area contributed by atoms with Gasteiger partial charge < -0.3 is 5.32 Å². The standard InChI is InChI=1S/C12H14BrN3S/c1-7-11(9-4-5-10(13)17-9)12(16-15-7)8-3-2-6-14-8/h4-5,8,14H,2-3,6H2,1H3,(H,15,16). The molecule has 3 heterocycles. The van der Waals surface area contributed by atoms with E-state index in [4.69, 9.17) is 0 Å². The highest BCUT2D eigenvalue weighted by Crippen LogP contribution is 2.38. The number of nitrogens with zero attached hydrogens (tertiary/aromatic N) is 1. The molecule has 0 radical (unpaired) electrons. The van der Waals surface area contributed by atoms with Gasteiger partial charge in [0.2, 0.25) is 0 Å². The monoisotopic (exact) mass is 311 g/mol. The maximum Gasteiger partial charge on any atom is 0.0880 e. The van der Waals surface area contributed by atoms with E-state index in [0.29, 0.717) is 6.04 Å². The highest BCUT2D eigenvalue weighted by molar-refractivity contribution is 9.11. The zero-order valence-electron chi connectivity index (χ0n) is 9.59. The van der Waals surface area contributed by atoms with Crippen LogP contribution in [0.1, 0.15) is 30.3 Å². The number of nitrogens with one attached hydrogen (secondary N) is 2. The minimum absolute atomic E-state index is 0.413. The van der Waals surface area contributed by atoms with Crippen molar-refractivity contribution in [3.63, 3.8) is 0 Å². The molecule has 1 aliphatic rings. The van der Waals surface area contributed by atoms with E-state index in [1.54, 1.807) is 11.3 Å².